The smallest absolute Gasteiger partial charge is 0.331 e. The average molecular weight is 234 g/mol. The molecule has 0 aromatic rings. The molecule has 1 aliphatic rings. The van der Waals surface area contributed by atoms with Gasteiger partial charge in [0.2, 0.25) is 0 Å². The molecule has 0 saturated carbocycles. The van der Waals surface area contributed by atoms with E-state index in [2.05, 4.69) is 26.5 Å². The SMILES string of the molecule is C=C/C(C)=C\C[C@]1(C)C(C(=O)O)=CCC[C@H]1C. The Bertz CT molecular complexity index is 376. The Kier molecular flexibility index (Phi) is 4.33. The lowest BCUT2D eigenvalue weighted by Gasteiger charge is -2.38. The van der Waals surface area contributed by atoms with E-state index in [-0.39, 0.29) is 5.41 Å². The van der Waals surface area contributed by atoms with Gasteiger partial charge >= 0.3 is 5.97 Å². The molecule has 0 amide bonds. The highest BCUT2D eigenvalue weighted by molar-refractivity contribution is 5.88. The average Bonchev–Trinajstić information content (AvgIpc) is 2.29. The van der Waals surface area contributed by atoms with Crippen molar-refractivity contribution in [1.82, 2.24) is 0 Å². The lowest BCUT2D eigenvalue weighted by molar-refractivity contribution is -0.134. The second kappa shape index (κ2) is 5.35. The highest BCUT2D eigenvalue weighted by atomic mass is 16.4. The third-order valence-corrected chi connectivity index (χ3v) is 4.05. The van der Waals surface area contributed by atoms with Gasteiger partial charge in [0, 0.05) is 11.0 Å². The standard InChI is InChI=1S/C15H22O2/c1-5-11(2)9-10-15(4)12(3)7-6-8-13(15)14(16)17/h5,8-9,12H,1,6-7,10H2,2-4H3,(H,16,17)/b11-9-/t12-,15+/m1/s1. The Morgan fingerprint density at radius 1 is 1.71 bits per heavy atom. The molecule has 0 bridgehead atoms. The summed E-state index contributed by atoms with van der Waals surface area (Å²) in [5.41, 5.74) is 1.42. The first-order chi connectivity index (χ1) is 7.91. The van der Waals surface area contributed by atoms with Gasteiger partial charge in [-0.05, 0) is 32.1 Å². The van der Waals surface area contributed by atoms with E-state index in [0.29, 0.717) is 11.5 Å². The van der Waals surface area contributed by atoms with Crippen molar-refractivity contribution >= 4 is 5.97 Å². The molecule has 0 fully saturated rings. The van der Waals surface area contributed by atoms with Gasteiger partial charge in [0.1, 0.15) is 0 Å². The summed E-state index contributed by atoms with van der Waals surface area (Å²) >= 11 is 0. The molecule has 0 aliphatic heterocycles. The normalized spacial score (nSPS) is 29.7. The lowest BCUT2D eigenvalue weighted by Crippen LogP contribution is -2.33. The minimum atomic E-state index is -0.774. The fourth-order valence-electron chi connectivity index (χ4n) is 2.39. The van der Waals surface area contributed by atoms with Gasteiger partial charge < -0.3 is 5.11 Å². The van der Waals surface area contributed by atoms with Crippen LogP contribution in [0.5, 0.6) is 0 Å². The molecule has 0 spiro atoms. The number of carboxylic acids is 1. The van der Waals surface area contributed by atoms with Crippen molar-refractivity contribution < 1.29 is 9.90 Å². The van der Waals surface area contributed by atoms with E-state index in [4.69, 9.17) is 0 Å². The molecule has 0 saturated heterocycles. The third kappa shape index (κ3) is 2.87. The maximum Gasteiger partial charge on any atom is 0.331 e. The summed E-state index contributed by atoms with van der Waals surface area (Å²) in [5.74, 6) is -0.379. The molecule has 2 nitrogen and oxygen atoms in total. The molecule has 0 radical (unpaired) electrons. The van der Waals surface area contributed by atoms with E-state index >= 15 is 0 Å². The van der Waals surface area contributed by atoms with Crippen molar-refractivity contribution in [3.8, 4) is 0 Å². The number of hydrogen-bond acceptors (Lipinski definition) is 1. The third-order valence-electron chi connectivity index (χ3n) is 4.05. The zero-order valence-corrected chi connectivity index (χ0v) is 11.0. The first-order valence-electron chi connectivity index (χ1n) is 6.15. The second-order valence-corrected chi connectivity index (χ2v) is 5.18. The molecule has 1 rings (SSSR count). The van der Waals surface area contributed by atoms with Crippen LogP contribution < -0.4 is 0 Å². The van der Waals surface area contributed by atoms with Crippen LogP contribution >= 0.6 is 0 Å². The van der Waals surface area contributed by atoms with Gasteiger partial charge in [0.25, 0.3) is 0 Å². The van der Waals surface area contributed by atoms with Gasteiger partial charge in [-0.1, -0.05) is 44.2 Å². The van der Waals surface area contributed by atoms with E-state index < -0.39 is 5.97 Å². The predicted molar refractivity (Wildman–Crippen MR) is 70.8 cm³/mol. The molecular formula is C15H22O2. The van der Waals surface area contributed by atoms with Crippen LogP contribution in [-0.4, -0.2) is 11.1 Å². The molecular weight excluding hydrogens is 212 g/mol. The van der Waals surface area contributed by atoms with Gasteiger partial charge in [-0.3, -0.25) is 0 Å². The Morgan fingerprint density at radius 2 is 2.35 bits per heavy atom. The summed E-state index contributed by atoms with van der Waals surface area (Å²) in [5, 5.41) is 9.30. The van der Waals surface area contributed by atoms with Gasteiger partial charge in [-0.15, -0.1) is 0 Å². The fraction of sp³-hybridized carbons (Fsp3) is 0.533. The molecule has 0 heterocycles. The van der Waals surface area contributed by atoms with E-state index in [1.54, 1.807) is 6.08 Å². The van der Waals surface area contributed by atoms with Crippen LogP contribution in [0, 0.1) is 11.3 Å². The largest absolute Gasteiger partial charge is 0.478 e. The lowest BCUT2D eigenvalue weighted by atomic mass is 9.65. The fourth-order valence-corrected chi connectivity index (χ4v) is 2.39. The van der Waals surface area contributed by atoms with E-state index in [1.807, 2.05) is 13.0 Å². The first kappa shape index (κ1) is 13.8. The van der Waals surface area contributed by atoms with Gasteiger partial charge in [0.05, 0.1) is 0 Å². The van der Waals surface area contributed by atoms with Gasteiger partial charge in [-0.25, -0.2) is 4.79 Å². The molecule has 0 unspecified atom stereocenters. The Morgan fingerprint density at radius 3 is 2.88 bits per heavy atom. The van der Waals surface area contributed by atoms with E-state index in [1.165, 1.54) is 0 Å². The zero-order valence-electron chi connectivity index (χ0n) is 11.0. The van der Waals surface area contributed by atoms with Crippen molar-refractivity contribution in [2.24, 2.45) is 11.3 Å². The molecule has 0 aromatic carbocycles. The minimum Gasteiger partial charge on any atom is -0.478 e. The first-order valence-corrected chi connectivity index (χ1v) is 6.15. The highest BCUT2D eigenvalue weighted by Gasteiger charge is 2.39. The van der Waals surface area contributed by atoms with Crippen LogP contribution in [0.25, 0.3) is 0 Å². The topological polar surface area (TPSA) is 37.3 Å². The summed E-state index contributed by atoms with van der Waals surface area (Å²) in [6.07, 6.45) is 8.49. The molecule has 1 aliphatic carbocycles. The summed E-state index contributed by atoms with van der Waals surface area (Å²) in [6, 6.07) is 0. The maximum absolute atomic E-state index is 11.3. The number of carboxylic acid groups (broad SMARTS) is 1. The van der Waals surface area contributed by atoms with Crippen LogP contribution in [0.2, 0.25) is 0 Å². The van der Waals surface area contributed by atoms with Gasteiger partial charge in [0.15, 0.2) is 0 Å². The molecule has 94 valence electrons. The molecule has 2 atom stereocenters. The summed E-state index contributed by atoms with van der Waals surface area (Å²) in [6.45, 7) is 9.92. The van der Waals surface area contributed by atoms with Crippen molar-refractivity contribution in [3.05, 3.63) is 36.0 Å². The predicted octanol–water partition coefficient (Wildman–Crippen LogP) is 3.96. The highest BCUT2D eigenvalue weighted by Crippen LogP contribution is 2.45. The van der Waals surface area contributed by atoms with Crippen LogP contribution in [0.3, 0.4) is 0 Å². The molecule has 2 heteroatoms. The van der Waals surface area contributed by atoms with Crippen molar-refractivity contribution in [2.45, 2.75) is 40.0 Å². The number of allylic oxidation sites excluding steroid dienone is 4. The summed E-state index contributed by atoms with van der Waals surface area (Å²) in [4.78, 5) is 11.3. The van der Waals surface area contributed by atoms with E-state index in [9.17, 15) is 9.90 Å². The van der Waals surface area contributed by atoms with Crippen molar-refractivity contribution in [1.29, 1.82) is 0 Å². The summed E-state index contributed by atoms with van der Waals surface area (Å²) < 4.78 is 0. The van der Waals surface area contributed by atoms with Crippen molar-refractivity contribution in [3.63, 3.8) is 0 Å². The molecule has 17 heavy (non-hydrogen) atoms. The number of hydrogen-bond donors (Lipinski definition) is 1. The molecule has 0 aromatic heterocycles. The Hall–Kier alpha value is -1.31. The Labute approximate surface area is 104 Å². The monoisotopic (exact) mass is 234 g/mol. The minimum absolute atomic E-state index is 0.256. The van der Waals surface area contributed by atoms with Gasteiger partial charge in [-0.2, -0.15) is 0 Å². The number of carbonyl (C=O) groups is 1. The zero-order chi connectivity index (χ0) is 13.1. The van der Waals surface area contributed by atoms with E-state index in [0.717, 1.165) is 24.8 Å². The Balaban J connectivity index is 3.02. The number of rotatable bonds is 4. The van der Waals surface area contributed by atoms with Crippen LogP contribution in [-0.2, 0) is 4.79 Å². The van der Waals surface area contributed by atoms with Crippen LogP contribution in [0.4, 0.5) is 0 Å². The number of aliphatic carboxylic acids is 1. The van der Waals surface area contributed by atoms with Crippen LogP contribution in [0.1, 0.15) is 40.0 Å². The molecule has 1 N–H and O–H groups in total. The maximum atomic E-state index is 11.3. The second-order valence-electron chi connectivity index (χ2n) is 5.18. The summed E-state index contributed by atoms with van der Waals surface area (Å²) in [7, 11) is 0. The van der Waals surface area contributed by atoms with Crippen molar-refractivity contribution in [2.75, 3.05) is 0 Å². The van der Waals surface area contributed by atoms with Crippen LogP contribution in [0.15, 0.2) is 36.0 Å². The quantitative estimate of drug-likeness (QED) is 0.748.